The first-order valence-electron chi connectivity index (χ1n) is 4.52. The van der Waals surface area contributed by atoms with Crippen LogP contribution in [0.25, 0.3) is 11.0 Å². The SMILES string of the molecule is c1ccc2c3c(oc2c1)CCSC3. The largest absolute Gasteiger partial charge is 0.461 e. The van der Waals surface area contributed by atoms with Gasteiger partial charge < -0.3 is 4.42 Å². The Kier molecular flexibility index (Phi) is 1.62. The lowest BCUT2D eigenvalue weighted by Crippen LogP contribution is -1.98. The first-order chi connectivity index (χ1) is 6.45. The van der Waals surface area contributed by atoms with Crippen molar-refractivity contribution in [3.63, 3.8) is 0 Å². The molecule has 0 N–H and O–H groups in total. The Hall–Kier alpha value is -0.890. The molecule has 1 aromatic carbocycles. The summed E-state index contributed by atoms with van der Waals surface area (Å²) in [6, 6.07) is 8.32. The average molecular weight is 190 g/mol. The molecule has 0 spiro atoms. The van der Waals surface area contributed by atoms with E-state index in [9.17, 15) is 0 Å². The topological polar surface area (TPSA) is 13.1 Å². The van der Waals surface area contributed by atoms with E-state index in [2.05, 4.69) is 18.2 Å². The zero-order valence-corrected chi connectivity index (χ0v) is 8.06. The Bertz CT molecular complexity index is 444. The molecule has 0 radical (unpaired) electrons. The highest BCUT2D eigenvalue weighted by atomic mass is 32.2. The fourth-order valence-corrected chi connectivity index (χ4v) is 2.84. The van der Waals surface area contributed by atoms with Crippen LogP contribution in [0, 0.1) is 0 Å². The second-order valence-electron chi connectivity index (χ2n) is 3.30. The van der Waals surface area contributed by atoms with Gasteiger partial charge in [-0.15, -0.1) is 0 Å². The predicted molar refractivity (Wildman–Crippen MR) is 56.1 cm³/mol. The number of hydrogen-bond acceptors (Lipinski definition) is 2. The number of thioether (sulfide) groups is 1. The minimum Gasteiger partial charge on any atom is -0.461 e. The van der Waals surface area contributed by atoms with Gasteiger partial charge in [0.1, 0.15) is 11.3 Å². The van der Waals surface area contributed by atoms with Gasteiger partial charge in [-0.3, -0.25) is 0 Å². The maximum absolute atomic E-state index is 5.78. The van der Waals surface area contributed by atoms with Crippen molar-refractivity contribution in [3.8, 4) is 0 Å². The molecule has 0 amide bonds. The van der Waals surface area contributed by atoms with Crippen LogP contribution in [0.5, 0.6) is 0 Å². The Morgan fingerprint density at radius 1 is 1.23 bits per heavy atom. The van der Waals surface area contributed by atoms with Gasteiger partial charge in [-0.05, 0) is 6.07 Å². The number of aryl methyl sites for hydroxylation is 1. The van der Waals surface area contributed by atoms with Crippen molar-refractivity contribution in [1.29, 1.82) is 0 Å². The fourth-order valence-electron chi connectivity index (χ4n) is 1.85. The van der Waals surface area contributed by atoms with Crippen LogP contribution in [-0.4, -0.2) is 5.75 Å². The van der Waals surface area contributed by atoms with Gasteiger partial charge in [0.25, 0.3) is 0 Å². The number of benzene rings is 1. The summed E-state index contributed by atoms with van der Waals surface area (Å²) in [6.07, 6.45) is 1.09. The van der Waals surface area contributed by atoms with E-state index in [1.807, 2.05) is 17.8 Å². The molecule has 1 aromatic heterocycles. The maximum Gasteiger partial charge on any atom is 0.134 e. The third-order valence-corrected chi connectivity index (χ3v) is 3.49. The summed E-state index contributed by atoms with van der Waals surface area (Å²) in [6.45, 7) is 0. The Morgan fingerprint density at radius 2 is 2.15 bits per heavy atom. The lowest BCUT2D eigenvalue weighted by Gasteiger charge is -2.08. The van der Waals surface area contributed by atoms with E-state index in [4.69, 9.17) is 4.42 Å². The van der Waals surface area contributed by atoms with E-state index in [1.165, 1.54) is 22.5 Å². The minimum atomic E-state index is 1.05. The van der Waals surface area contributed by atoms with Crippen LogP contribution in [0.4, 0.5) is 0 Å². The third-order valence-electron chi connectivity index (χ3n) is 2.50. The molecular formula is C11H10OS. The normalized spacial score (nSPS) is 16.0. The lowest BCUT2D eigenvalue weighted by atomic mass is 10.1. The number of furan rings is 1. The van der Waals surface area contributed by atoms with Gasteiger partial charge in [-0.1, -0.05) is 18.2 Å². The zero-order valence-electron chi connectivity index (χ0n) is 7.25. The van der Waals surface area contributed by atoms with E-state index >= 15 is 0 Å². The van der Waals surface area contributed by atoms with Gasteiger partial charge in [0, 0.05) is 28.9 Å². The molecule has 0 bridgehead atoms. The van der Waals surface area contributed by atoms with Gasteiger partial charge in [0.05, 0.1) is 0 Å². The zero-order chi connectivity index (χ0) is 8.67. The van der Waals surface area contributed by atoms with Gasteiger partial charge in [-0.25, -0.2) is 0 Å². The van der Waals surface area contributed by atoms with Crippen molar-refractivity contribution in [2.24, 2.45) is 0 Å². The van der Waals surface area contributed by atoms with Crippen molar-refractivity contribution in [2.45, 2.75) is 12.2 Å². The summed E-state index contributed by atoms with van der Waals surface area (Å²) in [5.74, 6) is 3.53. The predicted octanol–water partition coefficient (Wildman–Crippen LogP) is 3.22. The molecule has 0 atom stereocenters. The summed E-state index contributed by atoms with van der Waals surface area (Å²) in [4.78, 5) is 0. The Morgan fingerprint density at radius 3 is 3.15 bits per heavy atom. The molecule has 0 unspecified atom stereocenters. The van der Waals surface area contributed by atoms with E-state index in [0.717, 1.165) is 17.8 Å². The van der Waals surface area contributed by atoms with Gasteiger partial charge in [0.2, 0.25) is 0 Å². The van der Waals surface area contributed by atoms with Crippen molar-refractivity contribution in [3.05, 3.63) is 35.6 Å². The number of para-hydroxylation sites is 1. The van der Waals surface area contributed by atoms with Crippen LogP contribution in [0.3, 0.4) is 0 Å². The molecule has 13 heavy (non-hydrogen) atoms. The van der Waals surface area contributed by atoms with Crippen molar-refractivity contribution in [1.82, 2.24) is 0 Å². The van der Waals surface area contributed by atoms with Crippen molar-refractivity contribution < 1.29 is 4.42 Å². The number of rotatable bonds is 0. The first kappa shape index (κ1) is 7.51. The maximum atomic E-state index is 5.78. The molecule has 0 saturated carbocycles. The standard InChI is InChI=1S/C11H10OS/c1-2-4-10-8(3-1)9-7-13-6-5-11(9)12-10/h1-4H,5-7H2. The highest BCUT2D eigenvalue weighted by Gasteiger charge is 2.16. The summed E-state index contributed by atoms with van der Waals surface area (Å²) in [5.41, 5.74) is 2.47. The fraction of sp³-hybridized carbons (Fsp3) is 0.273. The molecule has 2 heteroatoms. The molecule has 1 nitrogen and oxygen atoms in total. The second-order valence-corrected chi connectivity index (χ2v) is 4.41. The van der Waals surface area contributed by atoms with Crippen LogP contribution in [-0.2, 0) is 12.2 Å². The van der Waals surface area contributed by atoms with Crippen LogP contribution in [0.1, 0.15) is 11.3 Å². The molecule has 0 fully saturated rings. The molecule has 2 heterocycles. The molecule has 0 saturated heterocycles. The van der Waals surface area contributed by atoms with Crippen LogP contribution in [0.15, 0.2) is 28.7 Å². The summed E-state index contributed by atoms with van der Waals surface area (Å²) in [7, 11) is 0. The minimum absolute atomic E-state index is 1.05. The van der Waals surface area contributed by atoms with Gasteiger partial charge in [-0.2, -0.15) is 11.8 Å². The molecule has 66 valence electrons. The summed E-state index contributed by atoms with van der Waals surface area (Å²) < 4.78 is 5.78. The quantitative estimate of drug-likeness (QED) is 0.632. The lowest BCUT2D eigenvalue weighted by molar-refractivity contribution is 0.552. The molecule has 2 aromatic rings. The Labute approximate surface area is 81.1 Å². The van der Waals surface area contributed by atoms with E-state index in [-0.39, 0.29) is 0 Å². The highest BCUT2D eigenvalue weighted by Crippen LogP contribution is 2.33. The number of fused-ring (bicyclic) bond motifs is 3. The molecule has 3 rings (SSSR count). The summed E-state index contributed by atoms with van der Waals surface area (Å²) in [5, 5.41) is 1.31. The third kappa shape index (κ3) is 1.09. The molecule has 1 aliphatic heterocycles. The van der Waals surface area contributed by atoms with E-state index in [1.54, 1.807) is 0 Å². The van der Waals surface area contributed by atoms with Gasteiger partial charge >= 0.3 is 0 Å². The first-order valence-corrected chi connectivity index (χ1v) is 5.67. The molecule has 0 aliphatic carbocycles. The Balaban J connectivity index is 2.34. The monoisotopic (exact) mass is 190 g/mol. The molecule has 1 aliphatic rings. The smallest absolute Gasteiger partial charge is 0.134 e. The van der Waals surface area contributed by atoms with E-state index < -0.39 is 0 Å². The number of hydrogen-bond donors (Lipinski definition) is 0. The van der Waals surface area contributed by atoms with Crippen LogP contribution < -0.4 is 0 Å². The summed E-state index contributed by atoms with van der Waals surface area (Å²) >= 11 is 2.00. The van der Waals surface area contributed by atoms with Crippen LogP contribution in [0.2, 0.25) is 0 Å². The van der Waals surface area contributed by atoms with Crippen molar-refractivity contribution in [2.75, 3.05) is 5.75 Å². The molecular weight excluding hydrogens is 180 g/mol. The second kappa shape index (κ2) is 2.81. The van der Waals surface area contributed by atoms with Crippen molar-refractivity contribution >= 4 is 22.7 Å². The van der Waals surface area contributed by atoms with Gasteiger partial charge in [0.15, 0.2) is 0 Å². The van der Waals surface area contributed by atoms with Crippen LogP contribution >= 0.6 is 11.8 Å². The highest BCUT2D eigenvalue weighted by molar-refractivity contribution is 7.98. The average Bonchev–Trinajstić information content (AvgIpc) is 2.56. The van der Waals surface area contributed by atoms with E-state index in [0.29, 0.717) is 0 Å².